The molecule has 2 heterocycles. The first-order chi connectivity index (χ1) is 7.86. The van der Waals surface area contributed by atoms with E-state index in [1.807, 2.05) is 18.2 Å². The van der Waals surface area contributed by atoms with Gasteiger partial charge >= 0.3 is 0 Å². The molecule has 1 aliphatic rings. The molecule has 0 saturated carbocycles. The monoisotopic (exact) mass is 213 g/mol. The third kappa shape index (κ3) is 1.44. The maximum absolute atomic E-state index is 6.24. The smallest absolute Gasteiger partial charge is 0.0726 e. The highest BCUT2D eigenvalue weighted by Gasteiger charge is 2.14. The molecule has 0 radical (unpaired) electrons. The minimum atomic E-state index is 0.838. The Labute approximate surface area is 94.7 Å². The number of rotatable bonds is 0. The first kappa shape index (κ1) is 9.60. The van der Waals surface area contributed by atoms with Gasteiger partial charge in [0.2, 0.25) is 0 Å². The number of nitrogen functional groups attached to an aromatic ring is 1. The van der Waals surface area contributed by atoms with Crippen LogP contribution in [-0.4, -0.2) is 11.5 Å². The summed E-state index contributed by atoms with van der Waals surface area (Å²) >= 11 is 0. The van der Waals surface area contributed by atoms with E-state index in [1.54, 1.807) is 0 Å². The Balaban J connectivity index is 2.29. The van der Waals surface area contributed by atoms with E-state index in [2.05, 4.69) is 11.4 Å². The zero-order valence-electron chi connectivity index (χ0n) is 9.16. The lowest BCUT2D eigenvalue weighted by atomic mass is 10.0. The van der Waals surface area contributed by atoms with E-state index in [-0.39, 0.29) is 0 Å². The van der Waals surface area contributed by atoms with Gasteiger partial charge in [-0.15, -0.1) is 0 Å². The predicted molar refractivity (Wildman–Crippen MR) is 66.2 cm³/mol. The van der Waals surface area contributed by atoms with E-state index in [0.29, 0.717) is 0 Å². The highest BCUT2D eigenvalue weighted by Crippen LogP contribution is 2.27. The molecular weight excluding hydrogens is 198 g/mol. The molecule has 1 aliphatic heterocycles. The molecule has 1 aromatic carbocycles. The number of nitrogens with two attached hydrogens (primary N) is 1. The summed E-state index contributed by atoms with van der Waals surface area (Å²) in [4.78, 5) is 4.69. The van der Waals surface area contributed by atoms with Crippen LogP contribution in [0.3, 0.4) is 0 Å². The Morgan fingerprint density at radius 3 is 3.06 bits per heavy atom. The van der Waals surface area contributed by atoms with Gasteiger partial charge in [0.1, 0.15) is 0 Å². The molecule has 1 aromatic heterocycles. The van der Waals surface area contributed by atoms with Crippen LogP contribution in [0.25, 0.3) is 10.9 Å². The fourth-order valence-electron chi connectivity index (χ4n) is 2.35. The average molecular weight is 213 g/mol. The van der Waals surface area contributed by atoms with Crippen LogP contribution in [0.5, 0.6) is 0 Å². The van der Waals surface area contributed by atoms with Gasteiger partial charge < -0.3 is 11.1 Å². The zero-order chi connectivity index (χ0) is 11.0. The fourth-order valence-corrected chi connectivity index (χ4v) is 2.35. The molecule has 0 fully saturated rings. The molecule has 3 rings (SSSR count). The van der Waals surface area contributed by atoms with Gasteiger partial charge in [-0.3, -0.25) is 4.98 Å². The minimum Gasteiger partial charge on any atom is -0.398 e. The van der Waals surface area contributed by atoms with Crippen LogP contribution in [-0.2, 0) is 13.0 Å². The lowest BCUT2D eigenvalue weighted by Crippen LogP contribution is -2.13. The number of nitrogens with one attached hydrogen (secondary N) is 1. The van der Waals surface area contributed by atoms with Crippen molar-refractivity contribution in [1.29, 1.82) is 0 Å². The topological polar surface area (TPSA) is 50.9 Å². The molecule has 0 saturated heterocycles. The second-order valence-electron chi connectivity index (χ2n) is 4.25. The number of nitrogens with zero attached hydrogens (tertiary/aromatic N) is 1. The molecule has 0 spiro atoms. The van der Waals surface area contributed by atoms with Crippen molar-refractivity contribution in [2.45, 2.75) is 19.4 Å². The molecule has 0 unspecified atom stereocenters. The predicted octanol–water partition coefficient (Wildman–Crippen LogP) is 1.85. The van der Waals surface area contributed by atoms with Crippen molar-refractivity contribution in [3.8, 4) is 0 Å². The molecule has 82 valence electrons. The van der Waals surface area contributed by atoms with Crippen molar-refractivity contribution in [1.82, 2.24) is 10.3 Å². The number of fused-ring (bicyclic) bond motifs is 2. The third-order valence-corrected chi connectivity index (χ3v) is 3.20. The van der Waals surface area contributed by atoms with Gasteiger partial charge in [-0.2, -0.15) is 0 Å². The van der Waals surface area contributed by atoms with Gasteiger partial charge in [-0.05, 0) is 31.0 Å². The summed E-state index contributed by atoms with van der Waals surface area (Å²) in [5, 5.41) is 4.46. The molecule has 2 aromatic rings. The second-order valence-corrected chi connectivity index (χ2v) is 4.25. The average Bonchev–Trinajstić information content (AvgIpc) is 2.55. The van der Waals surface area contributed by atoms with Crippen LogP contribution in [0.15, 0.2) is 24.3 Å². The number of aromatic nitrogens is 1. The van der Waals surface area contributed by atoms with Crippen LogP contribution < -0.4 is 11.1 Å². The van der Waals surface area contributed by atoms with E-state index in [0.717, 1.165) is 48.2 Å². The summed E-state index contributed by atoms with van der Waals surface area (Å²) in [6, 6.07) is 8.10. The van der Waals surface area contributed by atoms with E-state index >= 15 is 0 Å². The van der Waals surface area contributed by atoms with Crippen LogP contribution in [0.4, 0.5) is 5.69 Å². The van der Waals surface area contributed by atoms with E-state index < -0.39 is 0 Å². The third-order valence-electron chi connectivity index (χ3n) is 3.20. The summed E-state index contributed by atoms with van der Waals surface area (Å²) in [5.41, 5.74) is 10.5. The van der Waals surface area contributed by atoms with Crippen molar-refractivity contribution in [3.63, 3.8) is 0 Å². The van der Waals surface area contributed by atoms with Crippen molar-refractivity contribution in [3.05, 3.63) is 35.5 Å². The van der Waals surface area contributed by atoms with Gasteiger partial charge in [0.25, 0.3) is 0 Å². The number of anilines is 1. The normalized spacial score (nSPS) is 15.8. The highest BCUT2D eigenvalue weighted by atomic mass is 14.9. The van der Waals surface area contributed by atoms with E-state index in [1.165, 1.54) is 5.56 Å². The van der Waals surface area contributed by atoms with E-state index in [4.69, 9.17) is 10.7 Å². The van der Waals surface area contributed by atoms with Crippen molar-refractivity contribution < 1.29 is 0 Å². The molecule has 3 nitrogen and oxygen atoms in total. The maximum atomic E-state index is 6.24. The number of hydrogen-bond acceptors (Lipinski definition) is 3. The Morgan fingerprint density at radius 2 is 2.12 bits per heavy atom. The van der Waals surface area contributed by atoms with E-state index in [9.17, 15) is 0 Å². The Kier molecular flexibility index (Phi) is 2.26. The number of hydrogen-bond donors (Lipinski definition) is 2. The van der Waals surface area contributed by atoms with Crippen LogP contribution in [0.2, 0.25) is 0 Å². The van der Waals surface area contributed by atoms with Crippen molar-refractivity contribution in [2.24, 2.45) is 0 Å². The Bertz CT molecular complexity index is 534. The van der Waals surface area contributed by atoms with Gasteiger partial charge in [0.15, 0.2) is 0 Å². The molecule has 0 bridgehead atoms. The molecule has 0 atom stereocenters. The molecule has 0 amide bonds. The zero-order valence-corrected chi connectivity index (χ0v) is 9.16. The molecule has 3 heteroatoms. The summed E-state index contributed by atoms with van der Waals surface area (Å²) in [7, 11) is 0. The van der Waals surface area contributed by atoms with Crippen molar-refractivity contribution >= 4 is 16.6 Å². The molecular formula is C13H15N3. The number of benzene rings is 1. The highest BCUT2D eigenvalue weighted by molar-refractivity contribution is 5.92. The van der Waals surface area contributed by atoms with Gasteiger partial charge in [-0.25, -0.2) is 0 Å². The van der Waals surface area contributed by atoms with Crippen LogP contribution >= 0.6 is 0 Å². The SMILES string of the molecule is Nc1c2c(nc3ccccc13)CNCCC2. The molecule has 16 heavy (non-hydrogen) atoms. The lowest BCUT2D eigenvalue weighted by molar-refractivity contribution is 0.675. The summed E-state index contributed by atoms with van der Waals surface area (Å²) in [6.07, 6.45) is 2.17. The summed E-state index contributed by atoms with van der Waals surface area (Å²) < 4.78 is 0. The quantitative estimate of drug-likeness (QED) is 0.702. The lowest BCUT2D eigenvalue weighted by Gasteiger charge is -2.11. The van der Waals surface area contributed by atoms with Crippen LogP contribution in [0.1, 0.15) is 17.7 Å². The maximum Gasteiger partial charge on any atom is 0.0726 e. The van der Waals surface area contributed by atoms with Crippen molar-refractivity contribution in [2.75, 3.05) is 12.3 Å². The summed E-state index contributed by atoms with van der Waals surface area (Å²) in [6.45, 7) is 1.89. The Morgan fingerprint density at radius 1 is 1.25 bits per heavy atom. The largest absolute Gasteiger partial charge is 0.398 e. The van der Waals surface area contributed by atoms with Gasteiger partial charge in [0, 0.05) is 17.6 Å². The van der Waals surface area contributed by atoms with Crippen LogP contribution in [0, 0.1) is 0 Å². The first-order valence-corrected chi connectivity index (χ1v) is 5.73. The molecule has 0 aliphatic carbocycles. The van der Waals surface area contributed by atoms with Gasteiger partial charge in [-0.1, -0.05) is 18.2 Å². The fraction of sp³-hybridized carbons (Fsp3) is 0.308. The second kappa shape index (κ2) is 3.76. The minimum absolute atomic E-state index is 0.838. The number of pyridine rings is 1. The summed E-state index contributed by atoms with van der Waals surface area (Å²) in [5.74, 6) is 0. The standard InChI is InChI=1S/C13H15N3/c14-13-9-4-1-2-6-11(9)16-12-8-15-7-3-5-10(12)13/h1-2,4,6,15H,3,5,7-8H2,(H2,14,16). The van der Waals surface area contributed by atoms with Gasteiger partial charge in [0.05, 0.1) is 11.2 Å². The Hall–Kier alpha value is -1.61. The number of para-hydroxylation sites is 1. The first-order valence-electron chi connectivity index (χ1n) is 5.73. The molecule has 3 N–H and O–H groups in total.